The summed E-state index contributed by atoms with van der Waals surface area (Å²) in [5, 5.41) is 3.03. The van der Waals surface area contributed by atoms with Gasteiger partial charge >= 0.3 is 0 Å². The number of ether oxygens (including phenoxy) is 1. The van der Waals surface area contributed by atoms with Gasteiger partial charge in [-0.15, -0.1) is 0 Å². The maximum atomic E-state index is 13.1. The Bertz CT molecular complexity index is 1380. The Morgan fingerprint density at radius 2 is 1.29 bits per heavy atom. The van der Waals surface area contributed by atoms with E-state index in [1.54, 1.807) is 7.11 Å². The fraction of sp³-hybridized carbons (Fsp3) is 0.474. The Morgan fingerprint density at radius 3 is 1.76 bits per heavy atom. The summed E-state index contributed by atoms with van der Waals surface area (Å²) in [4.78, 5) is 26.9. The molecule has 0 bridgehead atoms. The van der Waals surface area contributed by atoms with E-state index >= 15 is 0 Å². The molecule has 0 spiro atoms. The van der Waals surface area contributed by atoms with Crippen molar-refractivity contribution in [2.45, 2.75) is 95.9 Å². The smallest absolute Gasteiger partial charge is 0.226 e. The molecule has 7 heteroatoms. The van der Waals surface area contributed by atoms with Gasteiger partial charge in [-0.1, -0.05) is 72.8 Å². The highest BCUT2D eigenvalue weighted by Crippen LogP contribution is 2.38. The number of amides is 2. The Labute approximate surface area is 269 Å². The first-order valence-electron chi connectivity index (χ1n) is 16.3. The van der Waals surface area contributed by atoms with Crippen molar-refractivity contribution in [1.82, 2.24) is 10.2 Å². The van der Waals surface area contributed by atoms with E-state index in [-0.39, 0.29) is 46.8 Å². The van der Waals surface area contributed by atoms with Crippen LogP contribution in [0, 0.1) is 11.8 Å². The fourth-order valence-electron chi connectivity index (χ4n) is 6.67. The van der Waals surface area contributed by atoms with Crippen molar-refractivity contribution < 1.29 is 14.3 Å². The van der Waals surface area contributed by atoms with Crippen LogP contribution in [-0.4, -0.2) is 34.9 Å². The highest BCUT2D eigenvalue weighted by molar-refractivity contribution is 5.82. The van der Waals surface area contributed by atoms with Gasteiger partial charge in [-0.25, -0.2) is 0 Å². The van der Waals surface area contributed by atoms with Gasteiger partial charge in [-0.05, 0) is 95.0 Å². The summed E-state index contributed by atoms with van der Waals surface area (Å²) in [6, 6.07) is 28.2. The van der Waals surface area contributed by atoms with Gasteiger partial charge in [0, 0.05) is 41.5 Å². The second-order valence-corrected chi connectivity index (χ2v) is 13.9. The average Bonchev–Trinajstić information content (AvgIpc) is 3.43. The first kappa shape index (κ1) is 34.2. The Kier molecular flexibility index (Phi) is 11.5. The van der Waals surface area contributed by atoms with Crippen molar-refractivity contribution in [3.63, 3.8) is 0 Å². The molecule has 5 rings (SSSR count). The summed E-state index contributed by atoms with van der Waals surface area (Å²) in [6.07, 6.45) is 5.17. The number of benzene rings is 3. The second kappa shape index (κ2) is 15.1. The molecule has 2 heterocycles. The predicted molar refractivity (Wildman–Crippen MR) is 181 cm³/mol. The number of nitrogens with two attached hydrogens (primary N) is 2. The Balaban J connectivity index is 0.000000222. The van der Waals surface area contributed by atoms with Crippen LogP contribution >= 0.6 is 0 Å². The van der Waals surface area contributed by atoms with Gasteiger partial charge in [0.2, 0.25) is 11.8 Å². The average molecular weight is 613 g/mol. The SMILES string of the molecule is CC1(C)CC(CCC(N)c2ccccc2)C(=O)N1.COc1ccc(CN2C(=O)C(CCC(N)c3ccccc3)CC2(C)C)cc1. The first-order chi connectivity index (χ1) is 21.4. The van der Waals surface area contributed by atoms with Gasteiger partial charge in [0.25, 0.3) is 0 Å². The molecule has 2 aliphatic rings. The van der Waals surface area contributed by atoms with Gasteiger partial charge in [0.1, 0.15) is 5.75 Å². The number of nitrogens with one attached hydrogen (secondary N) is 1. The molecule has 0 aliphatic carbocycles. The van der Waals surface area contributed by atoms with Gasteiger partial charge in [0.05, 0.1) is 7.11 Å². The number of nitrogens with zero attached hydrogens (tertiary/aromatic N) is 1. The first-order valence-corrected chi connectivity index (χ1v) is 16.3. The summed E-state index contributed by atoms with van der Waals surface area (Å²) in [6.45, 7) is 9.10. The molecule has 4 unspecified atom stereocenters. The number of hydrogen-bond donors (Lipinski definition) is 3. The lowest BCUT2D eigenvalue weighted by molar-refractivity contribution is -0.134. The molecule has 0 aromatic heterocycles. The molecule has 45 heavy (non-hydrogen) atoms. The minimum Gasteiger partial charge on any atom is -0.497 e. The van der Waals surface area contributed by atoms with Gasteiger partial charge in [-0.2, -0.15) is 0 Å². The highest BCUT2D eigenvalue weighted by Gasteiger charge is 2.44. The quantitative estimate of drug-likeness (QED) is 0.224. The summed E-state index contributed by atoms with van der Waals surface area (Å²) in [5.41, 5.74) is 15.7. The van der Waals surface area contributed by atoms with Crippen LogP contribution in [0.25, 0.3) is 0 Å². The molecule has 242 valence electrons. The largest absolute Gasteiger partial charge is 0.497 e. The van der Waals surface area contributed by atoms with E-state index in [0.717, 1.165) is 61.0 Å². The molecule has 4 atom stereocenters. The molecule has 0 saturated carbocycles. The molecule has 2 amide bonds. The number of rotatable bonds is 11. The Morgan fingerprint density at radius 1 is 0.778 bits per heavy atom. The number of carbonyl (C=O) groups excluding carboxylic acids is 2. The zero-order valence-electron chi connectivity index (χ0n) is 27.7. The van der Waals surface area contributed by atoms with Crippen LogP contribution in [0.4, 0.5) is 0 Å². The summed E-state index contributed by atoms with van der Waals surface area (Å²) >= 11 is 0. The molecular formula is C38H52N4O3. The van der Waals surface area contributed by atoms with Crippen molar-refractivity contribution >= 4 is 11.8 Å². The van der Waals surface area contributed by atoms with Crippen LogP contribution in [0.15, 0.2) is 84.9 Å². The molecule has 2 fully saturated rings. The zero-order valence-corrected chi connectivity index (χ0v) is 27.7. The number of methoxy groups -OCH3 is 1. The summed E-state index contributed by atoms with van der Waals surface area (Å²) < 4.78 is 5.22. The Hall–Kier alpha value is -3.68. The zero-order chi connectivity index (χ0) is 32.6. The molecule has 3 aromatic carbocycles. The van der Waals surface area contributed by atoms with Crippen molar-refractivity contribution in [3.05, 3.63) is 102 Å². The van der Waals surface area contributed by atoms with Crippen molar-refractivity contribution in [3.8, 4) is 5.75 Å². The lowest BCUT2D eigenvalue weighted by Gasteiger charge is -2.31. The van der Waals surface area contributed by atoms with Crippen LogP contribution in [0.5, 0.6) is 5.75 Å². The normalized spacial score (nSPS) is 21.4. The van der Waals surface area contributed by atoms with Gasteiger partial charge in [-0.3, -0.25) is 9.59 Å². The van der Waals surface area contributed by atoms with Crippen LogP contribution < -0.4 is 21.5 Å². The van der Waals surface area contributed by atoms with E-state index in [2.05, 4.69) is 45.1 Å². The fourth-order valence-corrected chi connectivity index (χ4v) is 6.67. The third-order valence-corrected chi connectivity index (χ3v) is 9.29. The molecule has 5 N–H and O–H groups in total. The van der Waals surface area contributed by atoms with Crippen LogP contribution in [0.1, 0.15) is 95.0 Å². The highest BCUT2D eigenvalue weighted by atomic mass is 16.5. The number of likely N-dealkylation sites (tertiary alicyclic amines) is 1. The molecule has 2 saturated heterocycles. The maximum absolute atomic E-state index is 13.1. The topological polar surface area (TPSA) is 111 Å². The monoisotopic (exact) mass is 612 g/mol. The van der Waals surface area contributed by atoms with Gasteiger partial charge < -0.3 is 26.4 Å². The molecule has 3 aromatic rings. The third-order valence-electron chi connectivity index (χ3n) is 9.29. The van der Waals surface area contributed by atoms with E-state index in [1.807, 2.05) is 77.7 Å². The van der Waals surface area contributed by atoms with Crippen LogP contribution in [-0.2, 0) is 16.1 Å². The summed E-state index contributed by atoms with van der Waals surface area (Å²) in [7, 11) is 1.66. The van der Waals surface area contributed by atoms with E-state index < -0.39 is 0 Å². The standard InChI is InChI=1S/C23H30N2O2.C15H22N2O/c1-23(2)15-19(11-14-21(24)18-7-5-4-6-8-18)22(26)25(23)16-17-9-12-20(27-3)13-10-17;1-15(2)10-12(14(18)17-15)8-9-13(16)11-6-4-3-5-7-11/h4-10,12-13,19,21H,11,14-16,24H2,1-3H3;3-7,12-13H,8-10,16H2,1-2H3,(H,17,18). The molecule has 0 radical (unpaired) electrons. The summed E-state index contributed by atoms with van der Waals surface area (Å²) in [5.74, 6) is 1.43. The lowest BCUT2D eigenvalue weighted by Crippen LogP contribution is -2.40. The molecule has 7 nitrogen and oxygen atoms in total. The van der Waals surface area contributed by atoms with Crippen LogP contribution in [0.3, 0.4) is 0 Å². The molecule has 2 aliphatic heterocycles. The third kappa shape index (κ3) is 9.41. The van der Waals surface area contributed by atoms with E-state index in [4.69, 9.17) is 16.2 Å². The van der Waals surface area contributed by atoms with Crippen molar-refractivity contribution in [2.24, 2.45) is 23.3 Å². The van der Waals surface area contributed by atoms with E-state index in [0.29, 0.717) is 6.54 Å². The molecular weight excluding hydrogens is 560 g/mol. The lowest BCUT2D eigenvalue weighted by atomic mass is 9.90. The van der Waals surface area contributed by atoms with E-state index in [1.165, 1.54) is 0 Å². The van der Waals surface area contributed by atoms with Crippen LogP contribution in [0.2, 0.25) is 0 Å². The second-order valence-electron chi connectivity index (χ2n) is 13.9. The predicted octanol–water partition coefficient (Wildman–Crippen LogP) is 6.68. The minimum absolute atomic E-state index is 0.0160. The van der Waals surface area contributed by atoms with Gasteiger partial charge in [0.15, 0.2) is 0 Å². The number of hydrogen-bond acceptors (Lipinski definition) is 5. The van der Waals surface area contributed by atoms with Crippen molar-refractivity contribution in [1.29, 1.82) is 0 Å². The van der Waals surface area contributed by atoms with Crippen molar-refractivity contribution in [2.75, 3.05) is 7.11 Å². The minimum atomic E-state index is -0.140. The number of carbonyl (C=O) groups is 2. The van der Waals surface area contributed by atoms with E-state index in [9.17, 15) is 9.59 Å². The maximum Gasteiger partial charge on any atom is 0.226 e.